The summed E-state index contributed by atoms with van der Waals surface area (Å²) in [6.07, 6.45) is 0. The highest BCUT2D eigenvalue weighted by Gasteiger charge is 2.17. The summed E-state index contributed by atoms with van der Waals surface area (Å²) in [5.74, 6) is 0. The SMILES string of the molecule is c1ccc(-c2cc3oc4ccccc4c3c3cc(-c4ccc(N(c5ccccc5)c5cccc(-c6ccc7ccccc7c6)c5)cc4)ccc23)cc1. The second kappa shape index (κ2) is 12.5. The van der Waals surface area contributed by atoms with Gasteiger partial charge in [0.05, 0.1) is 0 Å². The van der Waals surface area contributed by atoms with Crippen LogP contribution < -0.4 is 4.90 Å². The molecule has 2 nitrogen and oxygen atoms in total. The van der Waals surface area contributed by atoms with Crippen molar-refractivity contribution in [3.05, 3.63) is 200 Å². The minimum Gasteiger partial charge on any atom is -0.456 e. The van der Waals surface area contributed by atoms with Crippen LogP contribution in [-0.4, -0.2) is 0 Å². The van der Waals surface area contributed by atoms with Crippen molar-refractivity contribution in [1.29, 1.82) is 0 Å². The van der Waals surface area contributed by atoms with E-state index in [1.54, 1.807) is 0 Å². The van der Waals surface area contributed by atoms with Crippen LogP contribution >= 0.6 is 0 Å². The Balaban J connectivity index is 1.08. The van der Waals surface area contributed by atoms with Gasteiger partial charge in [-0.25, -0.2) is 0 Å². The lowest BCUT2D eigenvalue weighted by molar-refractivity contribution is 0.669. The molecule has 0 saturated carbocycles. The summed E-state index contributed by atoms with van der Waals surface area (Å²) in [6.45, 7) is 0. The highest BCUT2D eigenvalue weighted by molar-refractivity contribution is 6.22. The molecule has 0 saturated heterocycles. The summed E-state index contributed by atoms with van der Waals surface area (Å²) in [5, 5.41) is 7.20. The molecule has 1 aromatic heterocycles. The highest BCUT2D eigenvalue weighted by atomic mass is 16.3. The van der Waals surface area contributed by atoms with Crippen LogP contribution in [0.3, 0.4) is 0 Å². The van der Waals surface area contributed by atoms with Crippen molar-refractivity contribution < 1.29 is 4.42 Å². The van der Waals surface area contributed by atoms with Gasteiger partial charge in [0.15, 0.2) is 0 Å². The van der Waals surface area contributed by atoms with E-state index >= 15 is 0 Å². The predicted molar refractivity (Wildman–Crippen MR) is 220 cm³/mol. The number of para-hydroxylation sites is 2. The van der Waals surface area contributed by atoms with Gasteiger partial charge in [0.1, 0.15) is 11.2 Å². The Morgan fingerprint density at radius 3 is 1.77 bits per heavy atom. The minimum atomic E-state index is 0.907. The predicted octanol–water partition coefficient (Wildman–Crippen LogP) is 14.4. The molecule has 9 aromatic carbocycles. The number of benzene rings is 9. The fourth-order valence-electron chi connectivity index (χ4n) is 7.70. The lowest BCUT2D eigenvalue weighted by atomic mass is 9.92. The first-order chi connectivity index (χ1) is 25.8. The van der Waals surface area contributed by atoms with Gasteiger partial charge in [0.25, 0.3) is 0 Å². The van der Waals surface area contributed by atoms with Crippen molar-refractivity contribution in [2.75, 3.05) is 4.90 Å². The van der Waals surface area contributed by atoms with Crippen LogP contribution in [0, 0.1) is 0 Å². The first-order valence-corrected chi connectivity index (χ1v) is 17.8. The summed E-state index contributed by atoms with van der Waals surface area (Å²) in [4.78, 5) is 2.34. The fourth-order valence-corrected chi connectivity index (χ4v) is 7.70. The Hall–Kier alpha value is -6.90. The van der Waals surface area contributed by atoms with E-state index < -0.39 is 0 Å². The first-order valence-electron chi connectivity index (χ1n) is 17.8. The second-order valence-electron chi connectivity index (χ2n) is 13.4. The summed E-state index contributed by atoms with van der Waals surface area (Å²) in [6, 6.07) is 71.7. The van der Waals surface area contributed by atoms with Crippen molar-refractivity contribution >= 4 is 60.5 Å². The van der Waals surface area contributed by atoms with Crippen LogP contribution in [0.15, 0.2) is 205 Å². The third-order valence-corrected chi connectivity index (χ3v) is 10.2. The second-order valence-corrected chi connectivity index (χ2v) is 13.4. The first kappa shape index (κ1) is 30.0. The van der Waals surface area contributed by atoms with Crippen molar-refractivity contribution in [3.63, 3.8) is 0 Å². The van der Waals surface area contributed by atoms with E-state index in [1.807, 2.05) is 6.07 Å². The molecule has 52 heavy (non-hydrogen) atoms. The quantitative estimate of drug-likeness (QED) is 0.176. The third kappa shape index (κ3) is 5.21. The molecule has 0 unspecified atom stereocenters. The summed E-state index contributed by atoms with van der Waals surface area (Å²) >= 11 is 0. The molecule has 0 aliphatic carbocycles. The number of hydrogen-bond donors (Lipinski definition) is 0. The van der Waals surface area contributed by atoms with Crippen LogP contribution in [0.2, 0.25) is 0 Å². The average molecular weight is 664 g/mol. The van der Waals surface area contributed by atoms with Crippen LogP contribution in [0.25, 0.3) is 76.9 Å². The monoisotopic (exact) mass is 663 g/mol. The van der Waals surface area contributed by atoms with E-state index in [2.05, 4.69) is 199 Å². The number of fused-ring (bicyclic) bond motifs is 6. The summed E-state index contributed by atoms with van der Waals surface area (Å²) < 4.78 is 6.44. The van der Waals surface area contributed by atoms with Crippen LogP contribution in [0.5, 0.6) is 0 Å². The minimum absolute atomic E-state index is 0.907. The maximum absolute atomic E-state index is 6.44. The Bertz CT molecular complexity index is 2890. The Morgan fingerprint density at radius 1 is 0.308 bits per heavy atom. The van der Waals surface area contributed by atoms with Gasteiger partial charge >= 0.3 is 0 Å². The Morgan fingerprint density at radius 2 is 0.923 bits per heavy atom. The zero-order valence-electron chi connectivity index (χ0n) is 28.4. The van der Waals surface area contributed by atoms with Crippen molar-refractivity contribution in [2.45, 2.75) is 0 Å². The molecule has 2 heteroatoms. The molecule has 0 atom stereocenters. The molecule has 0 bridgehead atoms. The molecular weight excluding hydrogens is 631 g/mol. The average Bonchev–Trinajstić information content (AvgIpc) is 3.60. The molecule has 0 radical (unpaired) electrons. The topological polar surface area (TPSA) is 16.4 Å². The molecule has 0 aliphatic rings. The van der Waals surface area contributed by atoms with Crippen molar-refractivity contribution in [3.8, 4) is 33.4 Å². The van der Waals surface area contributed by atoms with Gasteiger partial charge in [-0.2, -0.15) is 0 Å². The highest BCUT2D eigenvalue weighted by Crippen LogP contribution is 2.42. The molecule has 0 spiro atoms. The van der Waals surface area contributed by atoms with Gasteiger partial charge in [-0.05, 0) is 116 Å². The van der Waals surface area contributed by atoms with Crippen LogP contribution in [0.4, 0.5) is 17.1 Å². The van der Waals surface area contributed by atoms with Gasteiger partial charge in [-0.15, -0.1) is 0 Å². The normalized spacial score (nSPS) is 11.5. The Kier molecular flexibility index (Phi) is 7.18. The number of anilines is 3. The fraction of sp³-hybridized carbons (Fsp3) is 0. The van der Waals surface area contributed by atoms with E-state index in [1.165, 1.54) is 49.4 Å². The summed E-state index contributed by atoms with van der Waals surface area (Å²) in [5.41, 5.74) is 12.2. The van der Waals surface area contributed by atoms with Crippen LogP contribution in [0.1, 0.15) is 0 Å². The smallest absolute Gasteiger partial charge is 0.136 e. The molecule has 10 aromatic rings. The molecule has 244 valence electrons. The van der Waals surface area contributed by atoms with E-state index in [0.29, 0.717) is 0 Å². The molecule has 0 amide bonds. The summed E-state index contributed by atoms with van der Waals surface area (Å²) in [7, 11) is 0. The van der Waals surface area contributed by atoms with Crippen LogP contribution in [-0.2, 0) is 0 Å². The number of nitrogens with zero attached hydrogens (tertiary/aromatic N) is 1. The van der Waals surface area contributed by atoms with Gasteiger partial charge in [-0.3, -0.25) is 0 Å². The molecule has 0 aliphatic heterocycles. The standard InChI is InChI=1S/C50H33NO/c1-3-13-36(14-4-1)46-33-49-50(45-20-9-10-21-48(45)52-49)47-32-40(26-29-44(46)47)35-24-27-42(28-25-35)51(41-17-5-2-6-18-41)43-19-11-16-38(31-43)39-23-22-34-12-7-8-15-37(34)30-39/h1-33H. The van der Waals surface area contributed by atoms with E-state index in [4.69, 9.17) is 4.42 Å². The van der Waals surface area contributed by atoms with E-state index in [0.717, 1.165) is 44.6 Å². The molecule has 0 fully saturated rings. The molecule has 0 N–H and O–H groups in total. The van der Waals surface area contributed by atoms with Gasteiger partial charge in [0, 0.05) is 27.8 Å². The maximum Gasteiger partial charge on any atom is 0.136 e. The maximum atomic E-state index is 6.44. The third-order valence-electron chi connectivity index (χ3n) is 10.2. The van der Waals surface area contributed by atoms with Gasteiger partial charge in [-0.1, -0.05) is 140 Å². The number of furan rings is 1. The van der Waals surface area contributed by atoms with Gasteiger partial charge < -0.3 is 9.32 Å². The molecule has 10 rings (SSSR count). The molecular formula is C50H33NO. The number of hydrogen-bond acceptors (Lipinski definition) is 2. The lowest BCUT2D eigenvalue weighted by Crippen LogP contribution is -2.09. The van der Waals surface area contributed by atoms with E-state index in [-0.39, 0.29) is 0 Å². The zero-order valence-corrected chi connectivity index (χ0v) is 28.4. The van der Waals surface area contributed by atoms with E-state index in [9.17, 15) is 0 Å². The van der Waals surface area contributed by atoms with Crippen molar-refractivity contribution in [2.24, 2.45) is 0 Å². The Labute approximate surface area is 302 Å². The number of rotatable bonds is 6. The largest absolute Gasteiger partial charge is 0.456 e. The lowest BCUT2D eigenvalue weighted by Gasteiger charge is -2.26. The van der Waals surface area contributed by atoms with Gasteiger partial charge in [0.2, 0.25) is 0 Å². The van der Waals surface area contributed by atoms with Crippen molar-refractivity contribution in [1.82, 2.24) is 0 Å². The zero-order chi connectivity index (χ0) is 34.4. The molecule has 1 heterocycles.